The van der Waals surface area contributed by atoms with Crippen molar-refractivity contribution in [2.75, 3.05) is 19.7 Å². The molecule has 3 aliphatic rings. The third-order valence-electron chi connectivity index (χ3n) is 8.75. The number of aryl methyl sites for hydroxylation is 1. The number of halogens is 2. The standard InChI is InChI=1S/C32H32ClFN4O6.Li.H/c1-18-28(25-17-42-30(36-25)31(39)40)38(15-21-10-13-41-21)27(35-18)16-37-11-8-19(9-12-37)22-4-3-5-26-29(22)44-32(2,43-26)23-7-6-20(33)14-24(23)34;;/h3-7,14,17,19,21H,8-13,15-16H2,1-2H3,(H,39,40);;. The number of piperidine rings is 1. The van der Waals surface area contributed by atoms with Crippen molar-refractivity contribution in [1.82, 2.24) is 19.4 Å². The minimum absolute atomic E-state index is 0. The number of benzene rings is 2. The number of carboxylic acids is 1. The summed E-state index contributed by atoms with van der Waals surface area (Å²) in [5.74, 6) is -0.953. The molecule has 0 spiro atoms. The summed E-state index contributed by atoms with van der Waals surface area (Å²) in [4.78, 5) is 22.8. The van der Waals surface area contributed by atoms with Crippen molar-refractivity contribution in [3.63, 3.8) is 0 Å². The van der Waals surface area contributed by atoms with Gasteiger partial charge in [-0.25, -0.2) is 19.2 Å². The van der Waals surface area contributed by atoms with E-state index < -0.39 is 17.6 Å². The number of ether oxygens (including phenoxy) is 3. The van der Waals surface area contributed by atoms with Gasteiger partial charge in [-0.15, -0.1) is 0 Å². The number of hydrogen-bond acceptors (Lipinski definition) is 8. The summed E-state index contributed by atoms with van der Waals surface area (Å²) < 4.78 is 40.4. The van der Waals surface area contributed by atoms with E-state index >= 15 is 0 Å². The molecule has 2 aromatic heterocycles. The summed E-state index contributed by atoms with van der Waals surface area (Å²) in [5.41, 5.74) is 3.31. The van der Waals surface area contributed by atoms with Gasteiger partial charge in [-0.1, -0.05) is 23.7 Å². The maximum absolute atomic E-state index is 14.8. The first-order chi connectivity index (χ1) is 21.2. The predicted molar refractivity (Wildman–Crippen MR) is 165 cm³/mol. The van der Waals surface area contributed by atoms with E-state index in [4.69, 9.17) is 35.2 Å². The Morgan fingerprint density at radius 3 is 2.60 bits per heavy atom. The molecule has 2 saturated heterocycles. The van der Waals surface area contributed by atoms with Gasteiger partial charge in [0.2, 0.25) is 0 Å². The summed E-state index contributed by atoms with van der Waals surface area (Å²) >= 11 is 5.97. The molecule has 0 bridgehead atoms. The van der Waals surface area contributed by atoms with Crippen LogP contribution in [-0.2, 0) is 23.6 Å². The molecule has 45 heavy (non-hydrogen) atoms. The monoisotopic (exact) mass is 630 g/mol. The average Bonchev–Trinajstić information content (AvgIpc) is 3.66. The fourth-order valence-corrected chi connectivity index (χ4v) is 6.58. The molecule has 7 rings (SSSR count). The van der Waals surface area contributed by atoms with E-state index in [1.165, 1.54) is 12.3 Å². The number of para-hydroxylation sites is 1. The zero-order valence-corrected chi connectivity index (χ0v) is 25.1. The molecule has 0 amide bonds. The molecular weight excluding hydrogens is 598 g/mol. The Hall–Kier alpha value is -3.33. The van der Waals surface area contributed by atoms with E-state index in [2.05, 4.69) is 20.5 Å². The third kappa shape index (κ3) is 6.00. The van der Waals surface area contributed by atoms with Gasteiger partial charge in [-0.05, 0) is 69.5 Å². The third-order valence-corrected chi connectivity index (χ3v) is 8.99. The number of oxazole rings is 1. The van der Waals surface area contributed by atoms with E-state index in [-0.39, 0.29) is 36.8 Å². The van der Waals surface area contributed by atoms with E-state index in [0.717, 1.165) is 61.7 Å². The topological polar surface area (TPSA) is 112 Å². The van der Waals surface area contributed by atoms with Gasteiger partial charge in [0, 0.05) is 24.1 Å². The van der Waals surface area contributed by atoms with Gasteiger partial charge in [0.15, 0.2) is 11.5 Å². The van der Waals surface area contributed by atoms with Crippen molar-refractivity contribution < 1.29 is 32.9 Å². The maximum atomic E-state index is 14.8. The molecule has 2 aromatic carbocycles. The summed E-state index contributed by atoms with van der Waals surface area (Å²) in [6.07, 6.45) is 4.20. The van der Waals surface area contributed by atoms with Crippen LogP contribution in [0.1, 0.15) is 65.4 Å². The van der Waals surface area contributed by atoms with Crippen LogP contribution in [0.4, 0.5) is 4.39 Å². The second-order valence-corrected chi connectivity index (χ2v) is 12.1. The molecule has 0 aliphatic carbocycles. The molecule has 5 heterocycles. The van der Waals surface area contributed by atoms with Crippen LogP contribution in [0.5, 0.6) is 11.5 Å². The summed E-state index contributed by atoms with van der Waals surface area (Å²) in [6, 6.07) is 10.4. The fraction of sp³-hybridized carbons (Fsp3) is 0.406. The Morgan fingerprint density at radius 2 is 1.93 bits per heavy atom. The van der Waals surface area contributed by atoms with Crippen LogP contribution < -0.4 is 9.47 Å². The van der Waals surface area contributed by atoms with Gasteiger partial charge in [0.05, 0.1) is 36.1 Å². The Balaban J connectivity index is 0.00000357. The van der Waals surface area contributed by atoms with Crippen LogP contribution in [0.25, 0.3) is 11.4 Å². The van der Waals surface area contributed by atoms with Crippen molar-refractivity contribution in [1.29, 1.82) is 0 Å². The number of carboxylic acid groups (broad SMARTS) is 1. The number of aromatic carboxylic acids is 1. The van der Waals surface area contributed by atoms with Crippen LogP contribution in [-0.4, -0.2) is 75.2 Å². The molecule has 10 nitrogen and oxygen atoms in total. The zero-order valence-electron chi connectivity index (χ0n) is 24.4. The number of hydrogen-bond donors (Lipinski definition) is 1. The second kappa shape index (κ2) is 12.5. The zero-order chi connectivity index (χ0) is 30.6. The van der Waals surface area contributed by atoms with Gasteiger partial charge >= 0.3 is 30.7 Å². The van der Waals surface area contributed by atoms with Crippen LogP contribution in [0.2, 0.25) is 5.02 Å². The van der Waals surface area contributed by atoms with Crippen molar-refractivity contribution in [2.24, 2.45) is 0 Å². The molecule has 1 N–H and O–H groups in total. The molecule has 0 saturated carbocycles. The fourth-order valence-electron chi connectivity index (χ4n) is 6.42. The molecule has 2 unspecified atom stereocenters. The Bertz CT molecular complexity index is 1730. The number of nitrogens with zero attached hydrogens (tertiary/aromatic N) is 4. The molecule has 13 heteroatoms. The van der Waals surface area contributed by atoms with E-state index in [1.807, 2.05) is 19.1 Å². The number of aromatic nitrogens is 3. The minimum atomic E-state index is -1.29. The summed E-state index contributed by atoms with van der Waals surface area (Å²) in [5, 5.41) is 9.62. The van der Waals surface area contributed by atoms with Gasteiger partial charge in [0.1, 0.15) is 23.6 Å². The van der Waals surface area contributed by atoms with E-state index in [9.17, 15) is 14.3 Å². The predicted octanol–water partition coefficient (Wildman–Crippen LogP) is 5.50. The van der Waals surface area contributed by atoms with Crippen LogP contribution in [0, 0.1) is 12.7 Å². The van der Waals surface area contributed by atoms with E-state index in [1.54, 1.807) is 19.1 Å². The van der Waals surface area contributed by atoms with Gasteiger partial charge in [-0.2, -0.15) is 0 Å². The van der Waals surface area contributed by atoms with Gasteiger partial charge in [0.25, 0.3) is 5.79 Å². The first kappa shape index (κ1) is 31.6. The van der Waals surface area contributed by atoms with Gasteiger partial charge in [-0.3, -0.25) is 4.90 Å². The molecule has 3 aliphatic heterocycles. The molecule has 232 valence electrons. The van der Waals surface area contributed by atoms with Gasteiger partial charge < -0.3 is 28.3 Å². The molecule has 2 fully saturated rings. The Morgan fingerprint density at radius 1 is 1.16 bits per heavy atom. The Labute approximate surface area is 276 Å². The molecule has 0 radical (unpaired) electrons. The SMILES string of the molecule is Cc1nc(CN2CCC(c3cccc4c3OC(C)(c3ccc(Cl)cc3F)O4)CC2)n(CC2CCO2)c1-c1coc(C(=O)O)n1.[LiH]. The van der Waals surface area contributed by atoms with Crippen molar-refractivity contribution in [3.05, 3.63) is 82.0 Å². The van der Waals surface area contributed by atoms with Crippen molar-refractivity contribution in [3.8, 4) is 22.9 Å². The number of fused-ring (bicyclic) bond motifs is 1. The van der Waals surface area contributed by atoms with Crippen molar-refractivity contribution in [2.45, 2.75) is 64.0 Å². The quantitative estimate of drug-likeness (QED) is 0.252. The number of imidazole rings is 1. The first-order valence-electron chi connectivity index (χ1n) is 14.7. The van der Waals surface area contributed by atoms with Crippen LogP contribution in [0.3, 0.4) is 0 Å². The molecule has 2 atom stereocenters. The van der Waals surface area contributed by atoms with Crippen molar-refractivity contribution >= 4 is 36.4 Å². The summed E-state index contributed by atoms with van der Waals surface area (Å²) in [6.45, 7) is 7.27. The number of rotatable bonds is 8. The molecule has 4 aromatic rings. The number of carbonyl (C=O) groups is 1. The average molecular weight is 631 g/mol. The Kier molecular flexibility index (Phi) is 8.76. The van der Waals surface area contributed by atoms with Crippen LogP contribution in [0.15, 0.2) is 47.1 Å². The summed E-state index contributed by atoms with van der Waals surface area (Å²) in [7, 11) is 0. The normalized spacial score (nSPS) is 21.4. The van der Waals surface area contributed by atoms with Crippen LogP contribution >= 0.6 is 11.6 Å². The molecular formula is C32H33ClFLiN4O6. The van der Waals surface area contributed by atoms with E-state index in [0.29, 0.717) is 40.9 Å². The first-order valence-corrected chi connectivity index (χ1v) is 15.1. The number of likely N-dealkylation sites (tertiary alicyclic amines) is 1. The second-order valence-electron chi connectivity index (χ2n) is 11.7.